The van der Waals surface area contributed by atoms with Gasteiger partial charge in [0, 0.05) is 41.8 Å². The number of rotatable bonds is 9. The topological polar surface area (TPSA) is 49.8 Å². The quantitative estimate of drug-likeness (QED) is 0.723. The fourth-order valence-electron chi connectivity index (χ4n) is 2.90. The molecule has 0 bridgehead atoms. The van der Waals surface area contributed by atoms with Gasteiger partial charge in [-0.05, 0) is 89.9 Å². The first-order valence-corrected chi connectivity index (χ1v) is 9.56. The van der Waals surface area contributed by atoms with Crippen LogP contribution in [0.2, 0.25) is 0 Å². The maximum atomic E-state index is 4.67. The maximum Gasteiger partial charge on any atom is 0.0421 e. The van der Waals surface area contributed by atoms with Crippen molar-refractivity contribution in [2.45, 2.75) is 65.0 Å². The highest BCUT2D eigenvalue weighted by Crippen LogP contribution is 2.12. The number of nitrogens with zero attached hydrogens (tertiary/aromatic N) is 2. The van der Waals surface area contributed by atoms with E-state index in [1.807, 2.05) is 18.6 Å². The van der Waals surface area contributed by atoms with Crippen LogP contribution in [0.15, 0.2) is 42.9 Å². The van der Waals surface area contributed by atoms with Gasteiger partial charge in [-0.15, -0.1) is 0 Å². The molecular formula is C22H34N4. The Morgan fingerprint density at radius 3 is 2.08 bits per heavy atom. The van der Waals surface area contributed by atoms with Gasteiger partial charge in [0.1, 0.15) is 0 Å². The van der Waals surface area contributed by atoms with Crippen LogP contribution in [0.25, 0.3) is 0 Å². The van der Waals surface area contributed by atoms with E-state index in [9.17, 15) is 0 Å². The van der Waals surface area contributed by atoms with Crippen LogP contribution in [0, 0.1) is 0 Å². The minimum atomic E-state index is 0.0232. The van der Waals surface area contributed by atoms with Gasteiger partial charge in [-0.1, -0.05) is 6.07 Å². The fourth-order valence-corrected chi connectivity index (χ4v) is 2.90. The molecule has 0 spiro atoms. The van der Waals surface area contributed by atoms with Crippen molar-refractivity contribution in [3.8, 4) is 0 Å². The van der Waals surface area contributed by atoms with Crippen LogP contribution in [0.1, 0.15) is 51.4 Å². The molecular weight excluding hydrogens is 320 g/mol. The molecule has 2 heterocycles. The van der Waals surface area contributed by atoms with Gasteiger partial charge in [-0.2, -0.15) is 0 Å². The van der Waals surface area contributed by atoms with Crippen molar-refractivity contribution in [1.29, 1.82) is 0 Å². The average Bonchev–Trinajstić information content (AvgIpc) is 2.56. The normalized spacial score (nSPS) is 12.3. The molecule has 4 heteroatoms. The summed E-state index contributed by atoms with van der Waals surface area (Å²) in [6.45, 7) is 13.0. The molecule has 0 aromatic carbocycles. The van der Waals surface area contributed by atoms with Gasteiger partial charge in [-0.25, -0.2) is 0 Å². The van der Waals surface area contributed by atoms with Crippen LogP contribution in [-0.4, -0.2) is 34.1 Å². The Kier molecular flexibility index (Phi) is 7.30. The zero-order valence-electron chi connectivity index (χ0n) is 17.0. The maximum absolute atomic E-state index is 4.67. The highest BCUT2D eigenvalue weighted by Gasteiger charge is 2.18. The Balaban J connectivity index is 1.77. The highest BCUT2D eigenvalue weighted by atomic mass is 15.0. The molecule has 4 nitrogen and oxygen atoms in total. The van der Waals surface area contributed by atoms with Crippen molar-refractivity contribution < 1.29 is 0 Å². The lowest BCUT2D eigenvalue weighted by Gasteiger charge is -2.26. The summed E-state index contributed by atoms with van der Waals surface area (Å²) < 4.78 is 0. The molecule has 0 saturated carbocycles. The molecule has 2 aromatic heterocycles. The van der Waals surface area contributed by atoms with Crippen molar-refractivity contribution in [3.63, 3.8) is 0 Å². The summed E-state index contributed by atoms with van der Waals surface area (Å²) in [6, 6.07) is 8.52. The van der Waals surface area contributed by atoms with Crippen LogP contribution in [0.3, 0.4) is 0 Å². The molecule has 0 aliphatic carbocycles. The van der Waals surface area contributed by atoms with E-state index in [-0.39, 0.29) is 11.1 Å². The van der Waals surface area contributed by atoms with E-state index in [1.165, 1.54) is 11.1 Å². The molecule has 0 radical (unpaired) electrons. The third-order valence-electron chi connectivity index (χ3n) is 4.34. The Bertz CT molecular complexity index is 642. The standard InChI is InChI=1S/C22H34N4/c1-21(2,3)25-14-11-19-6-7-20(24-17-19)16-22(4,5)26-15-10-18-8-12-23-13-9-18/h6-9,12-13,17,25-26H,10-11,14-16H2,1-5H3. The van der Waals surface area contributed by atoms with Crippen LogP contribution >= 0.6 is 0 Å². The smallest absolute Gasteiger partial charge is 0.0421 e. The second-order valence-corrected chi connectivity index (χ2v) is 8.68. The zero-order chi connectivity index (χ0) is 19.0. The van der Waals surface area contributed by atoms with E-state index in [4.69, 9.17) is 0 Å². The molecule has 2 aromatic rings. The molecule has 2 rings (SSSR count). The Morgan fingerprint density at radius 1 is 0.808 bits per heavy atom. The molecule has 0 atom stereocenters. The third-order valence-corrected chi connectivity index (χ3v) is 4.34. The Morgan fingerprint density at radius 2 is 1.46 bits per heavy atom. The van der Waals surface area contributed by atoms with E-state index in [2.05, 4.69) is 79.5 Å². The molecule has 2 N–H and O–H groups in total. The monoisotopic (exact) mass is 354 g/mol. The van der Waals surface area contributed by atoms with Gasteiger partial charge in [-0.3, -0.25) is 9.97 Å². The predicted molar refractivity (Wildman–Crippen MR) is 109 cm³/mol. The molecule has 0 amide bonds. The lowest BCUT2D eigenvalue weighted by Crippen LogP contribution is -2.42. The van der Waals surface area contributed by atoms with Gasteiger partial charge >= 0.3 is 0 Å². The molecule has 0 fully saturated rings. The number of aromatic nitrogens is 2. The number of pyridine rings is 2. The fraction of sp³-hybridized carbons (Fsp3) is 0.545. The first-order valence-electron chi connectivity index (χ1n) is 9.56. The minimum absolute atomic E-state index is 0.0232. The number of nitrogens with one attached hydrogen (secondary N) is 2. The van der Waals surface area contributed by atoms with E-state index < -0.39 is 0 Å². The minimum Gasteiger partial charge on any atom is -0.312 e. The SMILES string of the molecule is CC(C)(C)NCCc1ccc(CC(C)(C)NCCc2ccncc2)nc1. The lowest BCUT2D eigenvalue weighted by atomic mass is 9.97. The van der Waals surface area contributed by atoms with E-state index >= 15 is 0 Å². The predicted octanol–water partition coefficient (Wildman–Crippen LogP) is 3.56. The van der Waals surface area contributed by atoms with E-state index in [0.29, 0.717) is 0 Å². The van der Waals surface area contributed by atoms with E-state index in [0.717, 1.165) is 38.0 Å². The molecule has 0 aliphatic rings. The summed E-state index contributed by atoms with van der Waals surface area (Å²) in [5, 5.41) is 7.17. The first kappa shape index (κ1) is 20.5. The Hall–Kier alpha value is -1.78. The van der Waals surface area contributed by atoms with Crippen LogP contribution in [-0.2, 0) is 19.3 Å². The van der Waals surface area contributed by atoms with Gasteiger partial charge in [0.05, 0.1) is 0 Å². The third kappa shape index (κ3) is 8.07. The molecule has 0 unspecified atom stereocenters. The molecule has 142 valence electrons. The second kappa shape index (κ2) is 9.24. The summed E-state index contributed by atoms with van der Waals surface area (Å²) in [5.74, 6) is 0. The van der Waals surface area contributed by atoms with Gasteiger partial charge in [0.25, 0.3) is 0 Å². The Labute approximate surface area is 158 Å². The highest BCUT2D eigenvalue weighted by molar-refractivity contribution is 5.16. The van der Waals surface area contributed by atoms with Crippen molar-refractivity contribution in [2.24, 2.45) is 0 Å². The summed E-state index contributed by atoms with van der Waals surface area (Å²) >= 11 is 0. The zero-order valence-corrected chi connectivity index (χ0v) is 17.0. The van der Waals surface area contributed by atoms with Crippen molar-refractivity contribution >= 4 is 0 Å². The molecule has 26 heavy (non-hydrogen) atoms. The molecule has 0 aliphatic heterocycles. The average molecular weight is 355 g/mol. The van der Waals surface area contributed by atoms with Gasteiger partial charge < -0.3 is 10.6 Å². The van der Waals surface area contributed by atoms with Gasteiger partial charge in [0.2, 0.25) is 0 Å². The van der Waals surface area contributed by atoms with Crippen LogP contribution in [0.5, 0.6) is 0 Å². The van der Waals surface area contributed by atoms with Crippen LogP contribution < -0.4 is 10.6 Å². The summed E-state index contributed by atoms with van der Waals surface area (Å²) in [7, 11) is 0. The molecule has 0 saturated heterocycles. The number of hydrogen-bond acceptors (Lipinski definition) is 4. The first-order chi connectivity index (χ1) is 12.2. The van der Waals surface area contributed by atoms with Gasteiger partial charge in [0.15, 0.2) is 0 Å². The largest absolute Gasteiger partial charge is 0.312 e. The van der Waals surface area contributed by atoms with E-state index in [1.54, 1.807) is 0 Å². The number of hydrogen-bond donors (Lipinski definition) is 2. The van der Waals surface area contributed by atoms with Crippen molar-refractivity contribution in [1.82, 2.24) is 20.6 Å². The van der Waals surface area contributed by atoms with Crippen LogP contribution in [0.4, 0.5) is 0 Å². The summed E-state index contributed by atoms with van der Waals surface area (Å²) in [5.41, 5.74) is 3.93. The summed E-state index contributed by atoms with van der Waals surface area (Å²) in [6.07, 6.45) is 8.67. The second-order valence-electron chi connectivity index (χ2n) is 8.68. The lowest BCUT2D eigenvalue weighted by molar-refractivity contribution is 0.386. The van der Waals surface area contributed by atoms with Crippen molar-refractivity contribution in [3.05, 3.63) is 59.7 Å². The summed E-state index contributed by atoms with van der Waals surface area (Å²) in [4.78, 5) is 8.73. The van der Waals surface area contributed by atoms with Crippen molar-refractivity contribution in [2.75, 3.05) is 13.1 Å².